The highest BCUT2D eigenvalue weighted by Gasteiger charge is 2.49. The third-order valence-corrected chi connectivity index (χ3v) is 10.9. The number of aryl methyl sites for hydroxylation is 2. The molecule has 3 fully saturated rings. The molecule has 1 aromatic carbocycles. The molecule has 0 radical (unpaired) electrons. The van der Waals surface area contributed by atoms with Crippen LogP contribution in [0.15, 0.2) is 10.5 Å². The van der Waals surface area contributed by atoms with E-state index < -0.39 is 35.0 Å². The highest BCUT2D eigenvalue weighted by atomic mass is 79.9. The van der Waals surface area contributed by atoms with Crippen LogP contribution in [-0.4, -0.2) is 76.4 Å². The summed E-state index contributed by atoms with van der Waals surface area (Å²) in [6, 6.07) is 1.23. The molecule has 4 aliphatic heterocycles. The SMILES string of the molecule is CC[C@@H]1CN2c3nc(OC[C@@]45CCCN4C[C@H](F)C5)nc4c(F)c(-c5nc(N)cc(C)c5C(F)(F)F)c(Br)c(c34)CC[C@@H]2CN1. The van der Waals surface area contributed by atoms with Crippen molar-refractivity contribution in [2.75, 3.05) is 43.4 Å². The summed E-state index contributed by atoms with van der Waals surface area (Å²) in [5.41, 5.74) is 3.74. The molecule has 0 aliphatic carbocycles. The molecule has 14 heteroatoms. The number of rotatable bonds is 5. The minimum absolute atomic E-state index is 0.00841. The number of halogens is 6. The molecule has 0 unspecified atom stereocenters. The number of aromatic nitrogens is 3. The number of nitrogens with zero attached hydrogens (tertiary/aromatic N) is 5. The number of fused-ring (bicyclic) bond motifs is 3. The number of piperazine rings is 1. The fraction of sp³-hybridized carbons (Fsp3) is 0.581. The second-order valence-corrected chi connectivity index (χ2v) is 13.6. The van der Waals surface area contributed by atoms with Gasteiger partial charge >= 0.3 is 12.2 Å². The Morgan fingerprint density at radius 2 is 2.02 bits per heavy atom. The molecule has 4 atom stereocenters. The van der Waals surface area contributed by atoms with Crippen molar-refractivity contribution in [2.24, 2.45) is 0 Å². The van der Waals surface area contributed by atoms with Crippen LogP contribution in [0.3, 0.4) is 0 Å². The fourth-order valence-electron chi connectivity index (χ4n) is 7.91. The molecular formula is C31H35BrF5N7O. The highest BCUT2D eigenvalue weighted by molar-refractivity contribution is 9.10. The van der Waals surface area contributed by atoms with E-state index in [1.54, 1.807) is 0 Å². The summed E-state index contributed by atoms with van der Waals surface area (Å²) in [4.78, 5) is 17.7. The van der Waals surface area contributed by atoms with Gasteiger partial charge in [0.05, 0.1) is 27.7 Å². The molecule has 0 bridgehead atoms. The quantitative estimate of drug-likeness (QED) is 0.316. The Hall–Kier alpha value is -2.84. The predicted octanol–water partition coefficient (Wildman–Crippen LogP) is 5.96. The van der Waals surface area contributed by atoms with Crippen molar-refractivity contribution in [3.63, 3.8) is 0 Å². The van der Waals surface area contributed by atoms with E-state index in [0.717, 1.165) is 31.9 Å². The van der Waals surface area contributed by atoms with Crippen molar-refractivity contribution in [3.8, 4) is 17.3 Å². The van der Waals surface area contributed by atoms with Crippen molar-refractivity contribution < 1.29 is 26.7 Å². The molecule has 8 nitrogen and oxygen atoms in total. The molecule has 0 spiro atoms. The normalized spacial score (nSPS) is 26.7. The Morgan fingerprint density at radius 1 is 1.22 bits per heavy atom. The number of hydrogen-bond acceptors (Lipinski definition) is 8. The van der Waals surface area contributed by atoms with Crippen LogP contribution in [0, 0.1) is 12.7 Å². The molecule has 242 valence electrons. The molecule has 0 amide bonds. The number of ether oxygens (including phenoxy) is 1. The van der Waals surface area contributed by atoms with E-state index in [2.05, 4.69) is 47.9 Å². The number of nitrogen functional groups attached to an aromatic ring is 1. The van der Waals surface area contributed by atoms with Crippen LogP contribution in [0.4, 0.5) is 33.6 Å². The van der Waals surface area contributed by atoms with Crippen molar-refractivity contribution in [2.45, 2.75) is 82.3 Å². The Kier molecular flexibility index (Phi) is 7.63. The molecule has 3 N–H and O–H groups in total. The maximum absolute atomic E-state index is 16.9. The minimum atomic E-state index is -4.82. The number of nitrogens with one attached hydrogen (secondary N) is 1. The lowest BCUT2D eigenvalue weighted by molar-refractivity contribution is -0.137. The fourth-order valence-corrected chi connectivity index (χ4v) is 8.66. The average molecular weight is 697 g/mol. The van der Waals surface area contributed by atoms with Crippen molar-refractivity contribution in [1.29, 1.82) is 0 Å². The number of hydrogen-bond donors (Lipinski definition) is 2. The third kappa shape index (κ3) is 5.11. The Bertz CT molecular complexity index is 1670. The summed E-state index contributed by atoms with van der Waals surface area (Å²) in [6.07, 6.45) is -1.79. The van der Waals surface area contributed by atoms with E-state index in [-0.39, 0.29) is 51.6 Å². The number of alkyl halides is 4. The van der Waals surface area contributed by atoms with Gasteiger partial charge < -0.3 is 20.7 Å². The monoisotopic (exact) mass is 695 g/mol. The molecule has 6 heterocycles. The molecule has 3 aromatic rings. The Balaban J connectivity index is 1.44. The zero-order chi connectivity index (χ0) is 31.8. The molecule has 3 saturated heterocycles. The van der Waals surface area contributed by atoms with Gasteiger partial charge in [0.2, 0.25) is 0 Å². The first-order valence-electron chi connectivity index (χ1n) is 15.5. The number of anilines is 2. The lowest BCUT2D eigenvalue weighted by atomic mass is 9.94. The first-order valence-corrected chi connectivity index (χ1v) is 16.3. The summed E-state index contributed by atoms with van der Waals surface area (Å²) in [6.45, 7) is 5.91. The van der Waals surface area contributed by atoms with Gasteiger partial charge in [0, 0.05) is 42.6 Å². The molecule has 45 heavy (non-hydrogen) atoms. The molecule has 7 rings (SSSR count). The maximum Gasteiger partial charge on any atom is 0.418 e. The van der Waals surface area contributed by atoms with E-state index in [0.29, 0.717) is 55.7 Å². The van der Waals surface area contributed by atoms with Gasteiger partial charge in [-0.3, -0.25) is 4.90 Å². The van der Waals surface area contributed by atoms with Crippen molar-refractivity contribution in [1.82, 2.24) is 25.2 Å². The zero-order valence-corrected chi connectivity index (χ0v) is 26.7. The maximum atomic E-state index is 16.9. The van der Waals surface area contributed by atoms with Crippen LogP contribution in [0.1, 0.15) is 55.7 Å². The summed E-state index contributed by atoms with van der Waals surface area (Å²) in [5.74, 6) is -0.637. The van der Waals surface area contributed by atoms with Crippen molar-refractivity contribution in [3.05, 3.63) is 33.0 Å². The standard InChI is InChI=1S/C31H35BrF5N7O/c1-3-17-13-44-18(11-39-17)5-6-19-21-27(25(34)22(24(19)32)26-23(31(35,36)37)15(2)9-20(38)40-26)41-29(42-28(21)44)45-14-30-7-4-8-43(30)12-16(33)10-30/h9,16-18,39H,3-8,10-14H2,1-2H3,(H2,38,40)/t16-,17-,18-,30+/m1/s1. The van der Waals surface area contributed by atoms with Gasteiger partial charge in [-0.25, -0.2) is 13.8 Å². The smallest absolute Gasteiger partial charge is 0.418 e. The topological polar surface area (TPSA) is 92.4 Å². The van der Waals surface area contributed by atoms with E-state index >= 15 is 4.39 Å². The summed E-state index contributed by atoms with van der Waals surface area (Å²) < 4.78 is 81.1. The summed E-state index contributed by atoms with van der Waals surface area (Å²) >= 11 is 3.51. The van der Waals surface area contributed by atoms with Gasteiger partial charge in [0.1, 0.15) is 29.9 Å². The second kappa shape index (κ2) is 11.2. The minimum Gasteiger partial charge on any atom is -0.461 e. The lowest BCUT2D eigenvalue weighted by Crippen LogP contribution is -2.56. The molecule has 0 saturated carbocycles. The van der Waals surface area contributed by atoms with Crippen LogP contribution < -0.4 is 20.7 Å². The molecule has 2 aromatic heterocycles. The van der Waals surface area contributed by atoms with Crippen molar-refractivity contribution >= 4 is 38.5 Å². The third-order valence-electron chi connectivity index (χ3n) is 10.1. The predicted molar refractivity (Wildman–Crippen MR) is 165 cm³/mol. The average Bonchev–Trinajstić information content (AvgIpc) is 3.44. The van der Waals surface area contributed by atoms with Crippen LogP contribution in [0.2, 0.25) is 0 Å². The van der Waals surface area contributed by atoms with Gasteiger partial charge in [-0.2, -0.15) is 23.1 Å². The second-order valence-electron chi connectivity index (χ2n) is 12.8. The van der Waals surface area contributed by atoms with Gasteiger partial charge in [0.25, 0.3) is 0 Å². The van der Waals surface area contributed by atoms with Gasteiger partial charge in [-0.15, -0.1) is 0 Å². The van der Waals surface area contributed by atoms with Crippen LogP contribution in [-0.2, 0) is 12.6 Å². The first-order chi connectivity index (χ1) is 21.4. The first kappa shape index (κ1) is 30.8. The van der Waals surface area contributed by atoms with E-state index in [9.17, 15) is 17.6 Å². The number of nitrogens with two attached hydrogens (primary N) is 1. The van der Waals surface area contributed by atoms with Gasteiger partial charge in [0.15, 0.2) is 5.82 Å². The van der Waals surface area contributed by atoms with E-state index in [4.69, 9.17) is 15.5 Å². The zero-order valence-electron chi connectivity index (χ0n) is 25.1. The number of benzene rings is 1. The van der Waals surface area contributed by atoms with Crippen LogP contribution in [0.25, 0.3) is 22.2 Å². The number of pyridine rings is 1. The Labute approximate surface area is 266 Å². The largest absolute Gasteiger partial charge is 0.461 e. The van der Waals surface area contributed by atoms with Gasteiger partial charge in [-0.1, -0.05) is 6.92 Å². The van der Waals surface area contributed by atoms with Crippen LogP contribution in [0.5, 0.6) is 6.01 Å². The van der Waals surface area contributed by atoms with Crippen LogP contribution >= 0.6 is 15.9 Å². The van der Waals surface area contributed by atoms with E-state index in [1.165, 1.54) is 6.92 Å². The van der Waals surface area contributed by atoms with Gasteiger partial charge in [-0.05, 0) is 78.7 Å². The molecule has 4 aliphatic rings. The summed E-state index contributed by atoms with van der Waals surface area (Å²) in [5, 5.41) is 4.01. The lowest BCUT2D eigenvalue weighted by Gasteiger charge is -2.40. The van der Waals surface area contributed by atoms with E-state index in [1.807, 2.05) is 0 Å². The molecular weight excluding hydrogens is 661 g/mol. The summed E-state index contributed by atoms with van der Waals surface area (Å²) in [7, 11) is 0. The highest BCUT2D eigenvalue weighted by Crippen LogP contribution is 2.48. The Morgan fingerprint density at radius 3 is 2.78 bits per heavy atom.